The van der Waals surface area contributed by atoms with Crippen LogP contribution in [-0.2, 0) is 13.1 Å². The maximum absolute atomic E-state index is 14.0. The van der Waals surface area contributed by atoms with Crippen LogP contribution in [0.1, 0.15) is 11.1 Å². The van der Waals surface area contributed by atoms with Crippen molar-refractivity contribution in [1.82, 2.24) is 40.4 Å². The Morgan fingerprint density at radius 3 is 2.56 bits per heavy atom. The summed E-state index contributed by atoms with van der Waals surface area (Å²) in [5.74, 6) is -0.204. The molecule has 0 saturated heterocycles. The van der Waals surface area contributed by atoms with Gasteiger partial charge in [-0.3, -0.25) is 15.1 Å². The van der Waals surface area contributed by atoms with E-state index >= 15 is 0 Å². The molecule has 4 N–H and O–H groups in total. The van der Waals surface area contributed by atoms with E-state index in [1.165, 1.54) is 17.7 Å². The number of hydrogen-bond donors (Lipinski definition) is 4. The highest BCUT2D eigenvalue weighted by molar-refractivity contribution is 5.96. The molecule has 0 aliphatic carbocycles. The van der Waals surface area contributed by atoms with E-state index in [-0.39, 0.29) is 5.75 Å². The number of nitrogens with zero attached hydrogens (tertiary/aromatic N) is 5. The Morgan fingerprint density at radius 1 is 0.829 bits per heavy atom. The molecule has 0 spiro atoms. The lowest BCUT2D eigenvalue weighted by Crippen LogP contribution is -2.12. The van der Waals surface area contributed by atoms with Gasteiger partial charge in [-0.05, 0) is 41.5 Å². The molecule has 0 atom stereocenters. The molecular formula is C31H23FN8O. The summed E-state index contributed by atoms with van der Waals surface area (Å²) in [4.78, 5) is 21.5. The van der Waals surface area contributed by atoms with Crippen LogP contribution in [0.5, 0.6) is 5.75 Å². The minimum Gasteiger partial charge on any atom is -0.508 e. The first kappa shape index (κ1) is 24.6. The number of hydrogen-bond acceptors (Lipinski definition) is 7. The van der Waals surface area contributed by atoms with Crippen LogP contribution < -0.4 is 5.32 Å². The summed E-state index contributed by atoms with van der Waals surface area (Å²) >= 11 is 0. The predicted molar refractivity (Wildman–Crippen MR) is 154 cm³/mol. The van der Waals surface area contributed by atoms with Crippen LogP contribution in [0.25, 0.3) is 56.0 Å². The molecule has 2 aromatic carbocycles. The van der Waals surface area contributed by atoms with Crippen LogP contribution in [-0.4, -0.2) is 40.2 Å². The summed E-state index contributed by atoms with van der Waals surface area (Å²) in [5.41, 5.74) is 7.45. The van der Waals surface area contributed by atoms with Gasteiger partial charge in [0.1, 0.15) is 22.8 Å². The van der Waals surface area contributed by atoms with Crippen LogP contribution in [0.4, 0.5) is 4.39 Å². The van der Waals surface area contributed by atoms with Gasteiger partial charge < -0.3 is 15.4 Å². The topological polar surface area (TPSA) is 128 Å². The van der Waals surface area contributed by atoms with Crippen LogP contribution in [0, 0.1) is 5.82 Å². The van der Waals surface area contributed by atoms with Crippen molar-refractivity contribution < 1.29 is 9.50 Å². The number of halogens is 1. The third kappa shape index (κ3) is 4.88. The maximum atomic E-state index is 14.0. The molecule has 0 unspecified atom stereocenters. The molecule has 7 rings (SSSR count). The van der Waals surface area contributed by atoms with Crippen molar-refractivity contribution in [2.75, 3.05) is 0 Å². The first-order valence-corrected chi connectivity index (χ1v) is 13.0. The molecule has 0 bridgehead atoms. The quantitative estimate of drug-likeness (QED) is 0.202. The molecule has 0 amide bonds. The first-order valence-electron chi connectivity index (χ1n) is 13.0. The zero-order chi connectivity index (χ0) is 27.8. The Hall–Kier alpha value is -5.48. The number of aromatic amines is 2. The van der Waals surface area contributed by atoms with Crippen molar-refractivity contribution in [3.05, 3.63) is 108 Å². The fourth-order valence-corrected chi connectivity index (χ4v) is 4.90. The number of phenolic OH excluding ortho intramolecular Hbond substituents is 1. The summed E-state index contributed by atoms with van der Waals surface area (Å²) in [6.07, 6.45) is 7.06. The second-order valence-corrected chi connectivity index (χ2v) is 9.70. The average Bonchev–Trinajstić information content (AvgIpc) is 3.61. The Bertz CT molecular complexity index is 2000. The summed E-state index contributed by atoms with van der Waals surface area (Å²) < 4.78 is 14.0. The monoisotopic (exact) mass is 542 g/mol. The van der Waals surface area contributed by atoms with Crippen molar-refractivity contribution in [3.8, 4) is 39.7 Å². The van der Waals surface area contributed by atoms with Gasteiger partial charge in [-0.15, -0.1) is 0 Å². The third-order valence-corrected chi connectivity index (χ3v) is 6.83. The summed E-state index contributed by atoms with van der Waals surface area (Å²) in [6.45, 7) is 1.45. The highest BCUT2D eigenvalue weighted by atomic mass is 19.1. The van der Waals surface area contributed by atoms with Crippen molar-refractivity contribution in [1.29, 1.82) is 0 Å². The number of rotatable bonds is 7. The number of nitrogens with one attached hydrogen (secondary N) is 3. The van der Waals surface area contributed by atoms with E-state index in [0.717, 1.165) is 34.7 Å². The lowest BCUT2D eigenvalue weighted by Gasteiger charge is -2.07. The number of H-pyrrole nitrogens is 2. The van der Waals surface area contributed by atoms with Crippen LogP contribution >= 0.6 is 0 Å². The number of pyridine rings is 3. The number of aromatic nitrogens is 7. The van der Waals surface area contributed by atoms with Crippen LogP contribution in [0.2, 0.25) is 0 Å². The summed E-state index contributed by atoms with van der Waals surface area (Å²) in [7, 11) is 0. The molecule has 200 valence electrons. The molecule has 9 nitrogen and oxygen atoms in total. The van der Waals surface area contributed by atoms with E-state index in [1.807, 2.05) is 36.7 Å². The zero-order valence-electron chi connectivity index (χ0n) is 21.6. The minimum absolute atomic E-state index is 0.182. The van der Waals surface area contributed by atoms with Gasteiger partial charge in [0, 0.05) is 60.6 Å². The van der Waals surface area contributed by atoms with E-state index in [2.05, 4.69) is 53.6 Å². The smallest absolute Gasteiger partial charge is 0.181 e. The molecule has 0 fully saturated rings. The van der Waals surface area contributed by atoms with Gasteiger partial charge in [0.25, 0.3) is 0 Å². The van der Waals surface area contributed by atoms with Gasteiger partial charge in [-0.25, -0.2) is 14.4 Å². The largest absolute Gasteiger partial charge is 0.508 e. The van der Waals surface area contributed by atoms with Crippen molar-refractivity contribution in [2.45, 2.75) is 13.1 Å². The number of fused-ring (bicyclic) bond motifs is 2. The normalized spacial score (nSPS) is 11.4. The Balaban J connectivity index is 1.21. The van der Waals surface area contributed by atoms with Gasteiger partial charge in [0.05, 0.1) is 16.6 Å². The summed E-state index contributed by atoms with van der Waals surface area (Å²) in [5, 5.41) is 21.6. The van der Waals surface area contributed by atoms with E-state index in [1.54, 1.807) is 18.5 Å². The lowest BCUT2D eigenvalue weighted by molar-refractivity contribution is 0.469. The lowest BCUT2D eigenvalue weighted by atomic mass is 10.1. The van der Waals surface area contributed by atoms with Gasteiger partial charge in [-0.1, -0.05) is 30.3 Å². The average molecular weight is 543 g/mol. The number of aromatic hydroxyl groups is 1. The molecule has 41 heavy (non-hydrogen) atoms. The highest BCUT2D eigenvalue weighted by Crippen LogP contribution is 2.32. The van der Waals surface area contributed by atoms with E-state index < -0.39 is 5.82 Å². The van der Waals surface area contributed by atoms with Gasteiger partial charge in [0.15, 0.2) is 11.5 Å². The zero-order valence-corrected chi connectivity index (χ0v) is 21.6. The second-order valence-electron chi connectivity index (χ2n) is 9.70. The fraction of sp³-hybridized carbons (Fsp3) is 0.0645. The molecule has 10 heteroatoms. The molecule has 5 aromatic heterocycles. The predicted octanol–water partition coefficient (Wildman–Crippen LogP) is 5.76. The molecule has 0 radical (unpaired) electrons. The number of phenols is 1. The molecule has 5 heterocycles. The molecule has 0 aliphatic rings. The number of benzene rings is 2. The highest BCUT2D eigenvalue weighted by Gasteiger charge is 2.17. The molecule has 0 saturated carbocycles. The fourth-order valence-electron chi connectivity index (χ4n) is 4.90. The number of imidazole rings is 1. The Labute approximate surface area is 233 Å². The SMILES string of the molecule is Oc1cc(F)cc(-c2nccc3[nH]c(-c4[nH]nc5ncc(-c6cncc(CNCc7ccccc7)c6)cc45)nc23)c1. The third-order valence-electron chi connectivity index (χ3n) is 6.83. The van der Waals surface area contributed by atoms with E-state index in [0.29, 0.717) is 46.0 Å². The summed E-state index contributed by atoms with van der Waals surface area (Å²) in [6, 6.07) is 20.0. The first-order chi connectivity index (χ1) is 20.1. The standard InChI is InChI=1S/C31H23FN8O/c32-23-9-20(10-24(41)12-23)27-29-26(6-7-35-27)37-31(38-29)28-25-11-22(17-36-30(25)40-39-28)21-8-19(15-34-16-21)14-33-13-18-4-2-1-3-5-18/h1-12,15-17,33,41H,13-14H2,(H,37,38)(H,36,39,40). The van der Waals surface area contributed by atoms with Crippen LogP contribution in [0.3, 0.4) is 0 Å². The van der Waals surface area contributed by atoms with Gasteiger partial charge in [-0.2, -0.15) is 5.10 Å². The van der Waals surface area contributed by atoms with Crippen molar-refractivity contribution in [2.24, 2.45) is 0 Å². The Morgan fingerprint density at radius 2 is 1.68 bits per heavy atom. The molecule has 7 aromatic rings. The Kier molecular flexibility index (Phi) is 6.14. The van der Waals surface area contributed by atoms with Crippen molar-refractivity contribution in [3.63, 3.8) is 0 Å². The van der Waals surface area contributed by atoms with Gasteiger partial charge >= 0.3 is 0 Å². The minimum atomic E-state index is -0.557. The second kappa shape index (κ2) is 10.2. The van der Waals surface area contributed by atoms with E-state index in [9.17, 15) is 9.50 Å². The molecular weight excluding hydrogens is 519 g/mol. The van der Waals surface area contributed by atoms with Crippen molar-refractivity contribution >= 4 is 22.1 Å². The van der Waals surface area contributed by atoms with Gasteiger partial charge in [0.2, 0.25) is 0 Å². The maximum Gasteiger partial charge on any atom is 0.181 e. The van der Waals surface area contributed by atoms with E-state index in [4.69, 9.17) is 4.98 Å². The van der Waals surface area contributed by atoms with Crippen LogP contribution in [0.15, 0.2) is 91.5 Å². The molecule has 0 aliphatic heterocycles.